The van der Waals surface area contributed by atoms with Crippen LogP contribution >= 0.6 is 0 Å². The Morgan fingerprint density at radius 1 is 1.14 bits per heavy atom. The Bertz CT molecular complexity index is 1500. The lowest BCUT2D eigenvalue weighted by Crippen LogP contribution is -2.81. The molecule has 4 heterocycles. The number of carbonyl (C=O) groups is 2. The summed E-state index contributed by atoms with van der Waals surface area (Å²) in [5.41, 5.74) is -0.253. The van der Waals surface area contributed by atoms with E-state index in [2.05, 4.69) is 40.4 Å². The largest absolute Gasteiger partial charge is 0.492 e. The summed E-state index contributed by atoms with van der Waals surface area (Å²) >= 11 is 0. The summed E-state index contributed by atoms with van der Waals surface area (Å²) in [6.45, 7) is 4.41. The highest BCUT2D eigenvalue weighted by Crippen LogP contribution is 2.44. The van der Waals surface area contributed by atoms with Gasteiger partial charge in [0.25, 0.3) is 5.91 Å². The smallest absolute Gasteiger partial charge is 0.255 e. The molecule has 0 aromatic heterocycles. The molecule has 4 aliphatic rings. The lowest BCUT2D eigenvalue weighted by atomic mass is 9.79. The van der Waals surface area contributed by atoms with E-state index in [-0.39, 0.29) is 48.3 Å². The first-order valence-electron chi connectivity index (χ1n) is 14.1. The summed E-state index contributed by atoms with van der Waals surface area (Å²) in [7, 11) is 0. The van der Waals surface area contributed by atoms with E-state index in [0.717, 1.165) is 12.0 Å². The lowest BCUT2D eigenvalue weighted by molar-refractivity contribution is -0.232. The highest BCUT2D eigenvalue weighted by atomic mass is 19.1. The normalized spacial score (nSPS) is 27.8. The summed E-state index contributed by atoms with van der Waals surface area (Å²) < 4.78 is 19.1. The second-order valence-electron chi connectivity index (χ2n) is 12.1. The number of halogens is 1. The van der Waals surface area contributed by atoms with Crippen LogP contribution in [0.15, 0.2) is 42.5 Å². The first-order chi connectivity index (χ1) is 20.3. The van der Waals surface area contributed by atoms with Crippen molar-refractivity contribution < 1.29 is 28.9 Å². The molecule has 2 aromatic carbocycles. The van der Waals surface area contributed by atoms with Gasteiger partial charge in [-0.3, -0.25) is 20.4 Å². The van der Waals surface area contributed by atoms with Gasteiger partial charge in [-0.05, 0) is 35.6 Å². The zero-order chi connectivity index (χ0) is 30.7. The van der Waals surface area contributed by atoms with Crippen molar-refractivity contribution in [2.45, 2.75) is 61.7 Å². The highest BCUT2D eigenvalue weighted by molar-refractivity contribution is 5.98. The minimum absolute atomic E-state index is 0.00396. The molecule has 228 valence electrons. The van der Waals surface area contributed by atoms with Crippen LogP contribution in [0.5, 0.6) is 5.75 Å². The van der Waals surface area contributed by atoms with Gasteiger partial charge in [0.05, 0.1) is 30.7 Å². The van der Waals surface area contributed by atoms with E-state index < -0.39 is 41.3 Å². The fourth-order valence-electron chi connectivity index (χ4n) is 6.61. The molecule has 13 nitrogen and oxygen atoms in total. The Labute approximate surface area is 247 Å². The monoisotopic (exact) mass is 594 g/mol. The Morgan fingerprint density at radius 3 is 2.63 bits per heavy atom. The van der Waals surface area contributed by atoms with Crippen molar-refractivity contribution >= 4 is 23.7 Å². The quantitative estimate of drug-likeness (QED) is 0.197. The van der Waals surface area contributed by atoms with Gasteiger partial charge in [-0.25, -0.2) is 4.39 Å². The van der Waals surface area contributed by atoms with Crippen LogP contribution < -0.4 is 31.3 Å². The second-order valence-corrected chi connectivity index (χ2v) is 12.1. The third kappa shape index (κ3) is 4.61. The third-order valence-electron chi connectivity index (χ3n) is 8.96. The van der Waals surface area contributed by atoms with Crippen LogP contribution in [-0.2, 0) is 16.6 Å². The number of nitrogens with zero attached hydrogens (tertiary/aromatic N) is 1. The third-order valence-corrected chi connectivity index (χ3v) is 8.96. The lowest BCUT2D eigenvalue weighted by Gasteiger charge is -2.51. The number of nitrogens with one attached hydrogen (secondary N) is 7. The molecule has 9 N–H and O–H groups in total. The van der Waals surface area contributed by atoms with E-state index in [4.69, 9.17) is 15.6 Å². The number of para-hydroxylation sites is 1. The van der Waals surface area contributed by atoms with Crippen LogP contribution in [-0.4, -0.2) is 88.1 Å². The summed E-state index contributed by atoms with van der Waals surface area (Å²) in [4.78, 5) is 27.6. The number of fused-ring (bicyclic) bond motifs is 1. The maximum absolute atomic E-state index is 13.6. The molecule has 0 saturated carbocycles. The number of guanidine groups is 2. The molecule has 1 spiro atoms. The number of rotatable bonds is 6. The van der Waals surface area contributed by atoms with Gasteiger partial charge in [0, 0.05) is 18.7 Å². The number of carbonyl (C=O) groups excluding carboxylic acids is 2. The van der Waals surface area contributed by atoms with Crippen LogP contribution in [0.1, 0.15) is 41.8 Å². The average Bonchev–Trinajstić information content (AvgIpc) is 3.42. The maximum atomic E-state index is 13.6. The SMILES string of the molecule is CC1(C)CCOc2c(C(=O)N[C@H]3CN4C(=N)N[C@@H](CNC(=O)Cc5ccc(F)cc5)[C@@H]5NC(=N)N[C@@]54C3(O)O)cccc21. The van der Waals surface area contributed by atoms with Gasteiger partial charge in [0.2, 0.25) is 11.7 Å². The number of aliphatic hydroxyl groups is 2. The molecule has 0 bridgehead atoms. The summed E-state index contributed by atoms with van der Waals surface area (Å²) in [5.74, 6) is -3.92. The van der Waals surface area contributed by atoms with Gasteiger partial charge in [-0.15, -0.1) is 0 Å². The number of benzene rings is 2. The van der Waals surface area contributed by atoms with Crippen molar-refractivity contribution in [1.82, 2.24) is 31.5 Å². The number of hydrogen-bond acceptors (Lipinski definition) is 7. The first-order valence-corrected chi connectivity index (χ1v) is 14.1. The Hall–Kier alpha value is -4.43. The fraction of sp³-hybridized carbons (Fsp3) is 0.448. The molecule has 43 heavy (non-hydrogen) atoms. The standard InChI is InChI=1S/C29H35FN8O5/c1-27(2)10-11-43-22-17(4-3-5-18(22)27)24(40)35-20-14-38-26(32)34-19(23-28(38,29(20,41)42)37-25(31)36-23)13-33-21(39)12-15-6-8-16(30)9-7-15/h3-9,19-20,23,41-42H,10-14H2,1-2H3,(H2,32,34)(H,33,39)(H,35,40)(H3,31,36,37)/t19-,20-,23-,28-/m0/s1. The van der Waals surface area contributed by atoms with Crippen molar-refractivity contribution in [2.24, 2.45) is 0 Å². The minimum atomic E-state index is -2.66. The fourth-order valence-corrected chi connectivity index (χ4v) is 6.61. The van der Waals surface area contributed by atoms with Crippen molar-refractivity contribution in [1.29, 1.82) is 10.8 Å². The van der Waals surface area contributed by atoms with Gasteiger partial charge in [-0.2, -0.15) is 0 Å². The number of ether oxygens (including phenoxy) is 1. The average molecular weight is 595 g/mol. The molecule has 4 aliphatic heterocycles. The van der Waals surface area contributed by atoms with Gasteiger partial charge >= 0.3 is 0 Å². The molecule has 0 aliphatic carbocycles. The van der Waals surface area contributed by atoms with Crippen molar-refractivity contribution in [3.8, 4) is 5.75 Å². The Morgan fingerprint density at radius 2 is 1.88 bits per heavy atom. The van der Waals surface area contributed by atoms with Crippen LogP contribution in [0, 0.1) is 16.6 Å². The minimum Gasteiger partial charge on any atom is -0.492 e. The molecule has 6 rings (SSSR count). The molecule has 0 unspecified atom stereocenters. The molecular weight excluding hydrogens is 559 g/mol. The molecule has 4 atom stereocenters. The number of hydrogen-bond donors (Lipinski definition) is 9. The van der Waals surface area contributed by atoms with E-state index in [1.165, 1.54) is 29.2 Å². The van der Waals surface area contributed by atoms with Crippen molar-refractivity contribution in [3.05, 3.63) is 65.0 Å². The second kappa shape index (κ2) is 10.1. The van der Waals surface area contributed by atoms with E-state index in [1.807, 2.05) is 6.07 Å². The molecule has 3 saturated heterocycles. The van der Waals surface area contributed by atoms with E-state index in [1.54, 1.807) is 12.1 Å². The van der Waals surface area contributed by atoms with Gasteiger partial charge < -0.3 is 46.4 Å². The van der Waals surface area contributed by atoms with Crippen molar-refractivity contribution in [2.75, 3.05) is 19.7 Å². The van der Waals surface area contributed by atoms with Crippen LogP contribution in [0.2, 0.25) is 0 Å². The zero-order valence-electron chi connectivity index (χ0n) is 23.8. The van der Waals surface area contributed by atoms with Crippen molar-refractivity contribution in [3.63, 3.8) is 0 Å². The molecule has 2 aromatic rings. The molecule has 14 heteroatoms. The van der Waals surface area contributed by atoms with Crippen LogP contribution in [0.4, 0.5) is 4.39 Å². The first kappa shape index (κ1) is 28.7. The molecular formula is C29H35FN8O5. The number of amides is 2. The van der Waals surface area contributed by atoms with Gasteiger partial charge in [0.1, 0.15) is 17.6 Å². The topological polar surface area (TPSA) is 195 Å². The summed E-state index contributed by atoms with van der Waals surface area (Å²) in [5, 5.41) is 54.6. The molecule has 3 fully saturated rings. The van der Waals surface area contributed by atoms with Crippen LogP contribution in [0.25, 0.3) is 0 Å². The molecule has 0 radical (unpaired) electrons. The highest BCUT2D eigenvalue weighted by Gasteiger charge is 2.74. The van der Waals surface area contributed by atoms with Gasteiger partial charge in [0.15, 0.2) is 17.6 Å². The zero-order valence-corrected chi connectivity index (χ0v) is 23.8. The predicted octanol–water partition coefficient (Wildman–Crippen LogP) is -0.561. The van der Waals surface area contributed by atoms with E-state index in [0.29, 0.717) is 17.9 Å². The summed E-state index contributed by atoms with van der Waals surface area (Å²) in [6.07, 6.45) is 0.784. The van der Waals surface area contributed by atoms with E-state index >= 15 is 0 Å². The maximum Gasteiger partial charge on any atom is 0.255 e. The molecule has 2 amide bonds. The summed E-state index contributed by atoms with van der Waals surface area (Å²) in [6, 6.07) is 7.92. The Balaban J connectivity index is 1.22. The van der Waals surface area contributed by atoms with Crippen LogP contribution in [0.3, 0.4) is 0 Å². The predicted molar refractivity (Wildman–Crippen MR) is 153 cm³/mol. The Kier molecular flexibility index (Phi) is 6.73. The van der Waals surface area contributed by atoms with Gasteiger partial charge in [-0.1, -0.05) is 38.1 Å². The van der Waals surface area contributed by atoms with E-state index in [9.17, 15) is 24.2 Å².